The molecule has 0 aromatic heterocycles. The van der Waals surface area contributed by atoms with Crippen LogP contribution in [0.15, 0.2) is 24.3 Å². The van der Waals surface area contributed by atoms with Gasteiger partial charge in [0, 0.05) is 17.7 Å². The molecule has 2 N–H and O–H groups in total. The largest absolute Gasteiger partial charge is 0.384 e. The second-order valence-corrected chi connectivity index (χ2v) is 6.19. The van der Waals surface area contributed by atoms with Gasteiger partial charge in [0.05, 0.1) is 0 Å². The van der Waals surface area contributed by atoms with Gasteiger partial charge in [0.15, 0.2) is 0 Å². The van der Waals surface area contributed by atoms with Gasteiger partial charge < -0.3 is 10.4 Å². The summed E-state index contributed by atoms with van der Waals surface area (Å²) in [6.45, 7) is 0.632. The van der Waals surface area contributed by atoms with Crippen LogP contribution < -0.4 is 5.32 Å². The normalized spacial score (nSPS) is 26.2. The van der Waals surface area contributed by atoms with Crippen LogP contribution in [0, 0.1) is 29.6 Å². The van der Waals surface area contributed by atoms with Crippen molar-refractivity contribution in [2.24, 2.45) is 17.8 Å². The van der Waals surface area contributed by atoms with Crippen molar-refractivity contribution in [1.82, 2.24) is 5.32 Å². The predicted octanol–water partition coefficient (Wildman–Crippen LogP) is 2.20. The summed E-state index contributed by atoms with van der Waals surface area (Å²) in [5.41, 5.74) is 1.40. The summed E-state index contributed by atoms with van der Waals surface area (Å²) in [5, 5.41) is 11.8. The average Bonchev–Trinajstić information content (AvgIpc) is 3.13. The molecule has 3 unspecified atom stereocenters. The van der Waals surface area contributed by atoms with Crippen LogP contribution in [0.4, 0.5) is 0 Å². The van der Waals surface area contributed by atoms with Crippen LogP contribution in [0.25, 0.3) is 0 Å². The minimum atomic E-state index is -0.166. The Balaban J connectivity index is 1.58. The van der Waals surface area contributed by atoms with Crippen molar-refractivity contribution in [2.75, 3.05) is 13.2 Å². The molecule has 110 valence electrons. The lowest BCUT2D eigenvalue weighted by Crippen LogP contribution is -2.31. The number of carbonyl (C=O) groups is 1. The molecule has 3 rings (SSSR count). The molecule has 0 heterocycles. The van der Waals surface area contributed by atoms with E-state index in [0.717, 1.165) is 23.9 Å². The Morgan fingerprint density at radius 1 is 1.33 bits per heavy atom. The molecule has 0 radical (unpaired) electrons. The van der Waals surface area contributed by atoms with E-state index in [0.29, 0.717) is 11.5 Å². The second-order valence-electron chi connectivity index (χ2n) is 6.19. The van der Waals surface area contributed by atoms with Gasteiger partial charge in [0.25, 0.3) is 5.91 Å². The van der Waals surface area contributed by atoms with Crippen LogP contribution in [0.5, 0.6) is 0 Å². The van der Waals surface area contributed by atoms with E-state index in [1.807, 2.05) is 12.1 Å². The Kier molecular flexibility index (Phi) is 4.26. The van der Waals surface area contributed by atoms with E-state index >= 15 is 0 Å². The van der Waals surface area contributed by atoms with Crippen molar-refractivity contribution in [3.63, 3.8) is 0 Å². The zero-order chi connectivity index (χ0) is 14.7. The van der Waals surface area contributed by atoms with Gasteiger partial charge in [0.2, 0.25) is 0 Å². The lowest BCUT2D eigenvalue weighted by atomic mass is 9.89. The van der Waals surface area contributed by atoms with Gasteiger partial charge in [0.1, 0.15) is 6.61 Å². The first-order valence-corrected chi connectivity index (χ1v) is 7.74. The first kappa shape index (κ1) is 14.2. The van der Waals surface area contributed by atoms with E-state index in [2.05, 4.69) is 17.2 Å². The number of nitrogens with one attached hydrogen (secondary N) is 1. The topological polar surface area (TPSA) is 49.3 Å². The Labute approximate surface area is 125 Å². The number of benzene rings is 1. The third kappa shape index (κ3) is 3.28. The molecule has 0 spiro atoms. The van der Waals surface area contributed by atoms with Gasteiger partial charge in [-0.2, -0.15) is 0 Å². The van der Waals surface area contributed by atoms with Crippen molar-refractivity contribution in [1.29, 1.82) is 0 Å². The van der Waals surface area contributed by atoms with E-state index < -0.39 is 0 Å². The molecular weight excluding hydrogens is 262 g/mol. The van der Waals surface area contributed by atoms with E-state index in [9.17, 15) is 4.79 Å². The maximum absolute atomic E-state index is 12.2. The first-order chi connectivity index (χ1) is 10.3. The monoisotopic (exact) mass is 283 g/mol. The summed E-state index contributed by atoms with van der Waals surface area (Å²) in [4.78, 5) is 12.2. The molecule has 2 saturated carbocycles. The molecule has 1 amide bonds. The number of hydrogen-bond acceptors (Lipinski definition) is 2. The number of fused-ring (bicyclic) bond motifs is 2. The predicted molar refractivity (Wildman–Crippen MR) is 81.7 cm³/mol. The smallest absolute Gasteiger partial charge is 0.251 e. The summed E-state index contributed by atoms with van der Waals surface area (Å²) in [6.07, 6.45) is 5.39. The van der Waals surface area contributed by atoms with Crippen LogP contribution in [-0.2, 0) is 0 Å². The van der Waals surface area contributed by atoms with E-state index in [4.69, 9.17) is 5.11 Å². The van der Waals surface area contributed by atoms with Gasteiger partial charge in [-0.05, 0) is 55.2 Å². The molecule has 21 heavy (non-hydrogen) atoms. The van der Waals surface area contributed by atoms with Gasteiger partial charge >= 0.3 is 0 Å². The first-order valence-electron chi connectivity index (χ1n) is 7.74. The minimum Gasteiger partial charge on any atom is -0.384 e. The summed E-state index contributed by atoms with van der Waals surface area (Å²) < 4.78 is 0. The summed E-state index contributed by atoms with van der Waals surface area (Å²) in [7, 11) is 0. The quantitative estimate of drug-likeness (QED) is 0.836. The molecule has 0 saturated heterocycles. The van der Waals surface area contributed by atoms with Gasteiger partial charge in [-0.3, -0.25) is 4.79 Å². The number of aliphatic hydroxyl groups excluding tert-OH is 1. The molecule has 0 aliphatic heterocycles. The fourth-order valence-corrected chi connectivity index (χ4v) is 3.83. The second kappa shape index (κ2) is 6.32. The van der Waals surface area contributed by atoms with Crippen molar-refractivity contribution in [2.45, 2.75) is 25.7 Å². The summed E-state index contributed by atoms with van der Waals surface area (Å²) in [6, 6.07) is 7.25. The summed E-state index contributed by atoms with van der Waals surface area (Å²) in [5.74, 6) is 7.82. The molecule has 2 aliphatic carbocycles. The maximum Gasteiger partial charge on any atom is 0.251 e. The molecule has 1 aromatic rings. The van der Waals surface area contributed by atoms with Crippen LogP contribution in [0.2, 0.25) is 0 Å². The van der Waals surface area contributed by atoms with Crippen LogP contribution in [0.3, 0.4) is 0 Å². The van der Waals surface area contributed by atoms with Crippen molar-refractivity contribution < 1.29 is 9.90 Å². The van der Waals surface area contributed by atoms with Gasteiger partial charge in [-0.25, -0.2) is 0 Å². The molecule has 2 bridgehead atoms. The third-order valence-electron chi connectivity index (χ3n) is 4.85. The Morgan fingerprint density at radius 2 is 2.24 bits per heavy atom. The van der Waals surface area contributed by atoms with Crippen LogP contribution in [-0.4, -0.2) is 24.2 Å². The Hall–Kier alpha value is -1.79. The van der Waals surface area contributed by atoms with Gasteiger partial charge in [-0.1, -0.05) is 24.3 Å². The van der Waals surface area contributed by atoms with E-state index in [-0.39, 0.29) is 12.5 Å². The van der Waals surface area contributed by atoms with E-state index in [1.54, 1.807) is 12.1 Å². The van der Waals surface area contributed by atoms with Crippen molar-refractivity contribution in [3.05, 3.63) is 35.4 Å². The fourth-order valence-electron chi connectivity index (χ4n) is 3.83. The Bertz CT molecular complexity index is 584. The highest BCUT2D eigenvalue weighted by Crippen LogP contribution is 2.47. The maximum atomic E-state index is 12.2. The third-order valence-corrected chi connectivity index (χ3v) is 4.85. The molecule has 3 nitrogen and oxygen atoms in total. The molecular formula is C18H21NO2. The standard InChI is InChI=1S/C18H21NO2/c20-8-2-4-13-3-1-5-16(9-13)18(21)19-12-17-11-14-6-7-15(17)10-14/h1,3,5,9,14-15,17,20H,6-8,10-12H2,(H,19,21). The average molecular weight is 283 g/mol. The van der Waals surface area contributed by atoms with E-state index in [1.165, 1.54) is 25.7 Å². The zero-order valence-corrected chi connectivity index (χ0v) is 12.1. The fraction of sp³-hybridized carbons (Fsp3) is 0.500. The lowest BCUT2D eigenvalue weighted by molar-refractivity contribution is 0.0941. The van der Waals surface area contributed by atoms with Crippen LogP contribution in [0.1, 0.15) is 41.6 Å². The molecule has 2 fully saturated rings. The number of rotatable bonds is 3. The lowest BCUT2D eigenvalue weighted by Gasteiger charge is -2.21. The SMILES string of the molecule is O=C(NCC1CC2CCC1C2)c1cccc(C#CCO)c1. The van der Waals surface area contributed by atoms with Crippen LogP contribution >= 0.6 is 0 Å². The number of hydrogen-bond donors (Lipinski definition) is 2. The van der Waals surface area contributed by atoms with Gasteiger partial charge in [-0.15, -0.1) is 0 Å². The van der Waals surface area contributed by atoms with Crippen molar-refractivity contribution in [3.8, 4) is 11.8 Å². The number of aliphatic hydroxyl groups is 1. The van der Waals surface area contributed by atoms with Crippen molar-refractivity contribution >= 4 is 5.91 Å². The highest BCUT2D eigenvalue weighted by molar-refractivity contribution is 5.94. The summed E-state index contributed by atoms with van der Waals surface area (Å²) >= 11 is 0. The molecule has 3 heteroatoms. The molecule has 1 aromatic carbocycles. The zero-order valence-electron chi connectivity index (χ0n) is 12.1. The Morgan fingerprint density at radius 3 is 2.95 bits per heavy atom. The molecule has 2 aliphatic rings. The number of amides is 1. The highest BCUT2D eigenvalue weighted by atomic mass is 16.2. The minimum absolute atomic E-state index is 0.0228. The highest BCUT2D eigenvalue weighted by Gasteiger charge is 2.39. The number of carbonyl (C=O) groups excluding carboxylic acids is 1. The molecule has 3 atom stereocenters.